The van der Waals surface area contributed by atoms with Crippen molar-refractivity contribution in [3.63, 3.8) is 0 Å². The molecule has 1 unspecified atom stereocenters. The Morgan fingerprint density at radius 1 is 1.07 bits per heavy atom. The van der Waals surface area contributed by atoms with E-state index < -0.39 is 9.84 Å². The van der Waals surface area contributed by atoms with Crippen molar-refractivity contribution < 1.29 is 13.2 Å². The number of aromatic nitrogens is 3. The van der Waals surface area contributed by atoms with Crippen LogP contribution in [0, 0.1) is 5.92 Å². The maximum atomic E-state index is 13.1. The van der Waals surface area contributed by atoms with E-state index in [1.54, 1.807) is 12.1 Å². The number of unbranched alkanes of at least 4 members (excludes halogenated alkanes) is 1. The van der Waals surface area contributed by atoms with Gasteiger partial charge in [-0.25, -0.2) is 8.42 Å². The third-order valence-electron chi connectivity index (χ3n) is 7.60. The molecule has 4 rings (SSSR count). The molecule has 3 N–H and O–H groups in total. The van der Waals surface area contributed by atoms with Gasteiger partial charge in [-0.1, -0.05) is 34.1 Å². The van der Waals surface area contributed by atoms with E-state index >= 15 is 0 Å². The van der Waals surface area contributed by atoms with Gasteiger partial charge < -0.3 is 10.3 Å². The number of nitrogens with one attached hydrogen (secondary N) is 3. The van der Waals surface area contributed by atoms with Gasteiger partial charge in [-0.05, 0) is 86.7 Å². The zero-order valence-corrected chi connectivity index (χ0v) is 25.6. The molecular formula is C32H43N5O3S. The minimum absolute atomic E-state index is 0.0311. The highest BCUT2D eigenvalue weighted by atomic mass is 32.2. The van der Waals surface area contributed by atoms with Crippen LogP contribution >= 0.6 is 0 Å². The smallest absolute Gasteiger partial charge is 0.255 e. The molecule has 1 atom stereocenters. The van der Waals surface area contributed by atoms with Crippen LogP contribution in [-0.4, -0.2) is 53.8 Å². The minimum atomic E-state index is -3.37. The highest BCUT2D eigenvalue weighted by molar-refractivity contribution is 7.91. The molecule has 0 radical (unpaired) electrons. The Labute approximate surface area is 243 Å². The van der Waals surface area contributed by atoms with Crippen LogP contribution in [0.25, 0.3) is 10.9 Å². The van der Waals surface area contributed by atoms with Gasteiger partial charge in [-0.2, -0.15) is 5.10 Å². The molecule has 0 aliphatic heterocycles. The summed E-state index contributed by atoms with van der Waals surface area (Å²) in [6.45, 7) is 9.03. The molecule has 0 bridgehead atoms. The van der Waals surface area contributed by atoms with E-state index in [1.807, 2.05) is 44.4 Å². The lowest BCUT2D eigenvalue weighted by Crippen LogP contribution is -2.26. The number of hydrogen-bond donors (Lipinski definition) is 3. The van der Waals surface area contributed by atoms with Crippen LogP contribution in [0.2, 0.25) is 0 Å². The van der Waals surface area contributed by atoms with Gasteiger partial charge in [0.25, 0.3) is 5.91 Å². The number of amides is 1. The number of rotatable bonds is 14. The molecule has 0 saturated carbocycles. The number of carbonyl (C=O) groups is 1. The zero-order chi connectivity index (χ0) is 29.6. The Hall–Kier alpha value is -3.43. The fourth-order valence-electron chi connectivity index (χ4n) is 5.47. The van der Waals surface area contributed by atoms with Crippen molar-refractivity contribution >= 4 is 32.3 Å². The Morgan fingerprint density at radius 3 is 2.46 bits per heavy atom. The van der Waals surface area contributed by atoms with E-state index in [0.717, 1.165) is 49.6 Å². The number of carbonyl (C=O) groups excluding carboxylic acids is 1. The monoisotopic (exact) mass is 577 g/mol. The summed E-state index contributed by atoms with van der Waals surface area (Å²) < 4.78 is 25.1. The number of nitrogens with zero attached hydrogens (tertiary/aromatic N) is 2. The van der Waals surface area contributed by atoms with Gasteiger partial charge in [-0.3, -0.25) is 14.8 Å². The molecule has 0 saturated heterocycles. The second-order valence-electron chi connectivity index (χ2n) is 11.3. The van der Waals surface area contributed by atoms with Gasteiger partial charge in [-0.15, -0.1) is 0 Å². The normalized spacial score (nSPS) is 12.9. The first kappa shape index (κ1) is 30.5. The van der Waals surface area contributed by atoms with Crippen molar-refractivity contribution in [2.45, 2.75) is 70.7 Å². The fraction of sp³-hybridized carbons (Fsp3) is 0.438. The number of likely N-dealkylation sites (N-methyl/N-ethyl adjacent to an activating group) is 1. The number of hydrogen-bond acceptors (Lipinski definition) is 5. The molecular weight excluding hydrogens is 534 g/mol. The van der Waals surface area contributed by atoms with Gasteiger partial charge >= 0.3 is 0 Å². The number of benzene rings is 2. The molecule has 0 spiro atoms. The SMILES string of the molecule is CCCCc1[nH]c2ccc(NC(=O)c3ccc(S(=O)(=O)CC(C)C)cc3)cc2c1CCN(C)C(CC)c1cn[nH]c1. The van der Waals surface area contributed by atoms with Crippen molar-refractivity contribution in [1.82, 2.24) is 20.1 Å². The van der Waals surface area contributed by atoms with Crippen molar-refractivity contribution in [1.29, 1.82) is 0 Å². The Bertz CT molecular complexity index is 1540. The summed E-state index contributed by atoms with van der Waals surface area (Å²) in [6.07, 6.45) is 8.95. The van der Waals surface area contributed by atoms with Gasteiger partial charge in [0, 0.05) is 52.2 Å². The van der Waals surface area contributed by atoms with Crippen molar-refractivity contribution in [3.05, 3.63) is 77.2 Å². The lowest BCUT2D eigenvalue weighted by Gasteiger charge is -2.26. The zero-order valence-electron chi connectivity index (χ0n) is 24.8. The van der Waals surface area contributed by atoms with E-state index in [2.05, 4.69) is 46.3 Å². The van der Waals surface area contributed by atoms with E-state index in [1.165, 1.54) is 29.0 Å². The third kappa shape index (κ3) is 7.45. The maximum absolute atomic E-state index is 13.1. The second kappa shape index (κ2) is 13.5. The first-order chi connectivity index (χ1) is 19.6. The third-order valence-corrected chi connectivity index (χ3v) is 9.69. The summed E-state index contributed by atoms with van der Waals surface area (Å²) in [5.41, 5.74) is 5.92. The predicted octanol–water partition coefficient (Wildman–Crippen LogP) is 6.54. The first-order valence-corrected chi connectivity index (χ1v) is 16.2. The molecule has 220 valence electrons. The average molecular weight is 578 g/mol. The Balaban J connectivity index is 1.54. The number of aryl methyl sites for hydroxylation is 1. The number of anilines is 1. The van der Waals surface area contributed by atoms with Crippen LogP contribution < -0.4 is 5.32 Å². The van der Waals surface area contributed by atoms with Crippen LogP contribution in [0.4, 0.5) is 5.69 Å². The van der Waals surface area contributed by atoms with Crippen LogP contribution in [0.15, 0.2) is 59.8 Å². The van der Waals surface area contributed by atoms with E-state index in [0.29, 0.717) is 17.3 Å². The van der Waals surface area contributed by atoms with E-state index in [-0.39, 0.29) is 22.5 Å². The molecule has 4 aromatic rings. The largest absolute Gasteiger partial charge is 0.358 e. The van der Waals surface area contributed by atoms with Crippen molar-refractivity contribution in [2.75, 3.05) is 24.7 Å². The first-order valence-electron chi connectivity index (χ1n) is 14.6. The standard InChI is InChI=1S/C32H43N5O3S/c1-6-8-9-29-27(16-17-37(5)31(7-2)24-19-33-34-20-24)28-18-25(12-15-30(28)36-29)35-32(38)23-10-13-26(14-11-23)41(39,40)21-22(3)4/h10-15,18-20,22,31,36H,6-9,16-17,21H2,1-5H3,(H,33,34)(H,35,38). The summed E-state index contributed by atoms with van der Waals surface area (Å²) in [6, 6.07) is 12.5. The predicted molar refractivity (Wildman–Crippen MR) is 166 cm³/mol. The molecule has 9 heteroatoms. The minimum Gasteiger partial charge on any atom is -0.358 e. The number of sulfone groups is 1. The van der Waals surface area contributed by atoms with Gasteiger partial charge in [0.1, 0.15) is 0 Å². The molecule has 0 aliphatic carbocycles. The molecule has 0 fully saturated rings. The Kier molecular flexibility index (Phi) is 10.0. The van der Waals surface area contributed by atoms with E-state index in [9.17, 15) is 13.2 Å². The van der Waals surface area contributed by atoms with Crippen LogP contribution in [-0.2, 0) is 22.7 Å². The quantitative estimate of drug-likeness (QED) is 0.158. The summed E-state index contributed by atoms with van der Waals surface area (Å²) in [5, 5.41) is 11.2. The topological polar surface area (TPSA) is 111 Å². The summed E-state index contributed by atoms with van der Waals surface area (Å²) in [5.74, 6) is -0.162. The van der Waals surface area contributed by atoms with Crippen LogP contribution in [0.5, 0.6) is 0 Å². The highest BCUT2D eigenvalue weighted by Crippen LogP contribution is 2.29. The van der Waals surface area contributed by atoms with Gasteiger partial charge in [0.15, 0.2) is 9.84 Å². The Morgan fingerprint density at radius 2 is 1.83 bits per heavy atom. The molecule has 8 nitrogen and oxygen atoms in total. The lowest BCUT2D eigenvalue weighted by molar-refractivity contribution is 0.102. The molecule has 2 heterocycles. The number of H-pyrrole nitrogens is 2. The van der Waals surface area contributed by atoms with Gasteiger partial charge in [0.2, 0.25) is 0 Å². The van der Waals surface area contributed by atoms with Crippen LogP contribution in [0.3, 0.4) is 0 Å². The average Bonchev–Trinajstić information content (AvgIpc) is 3.58. The second-order valence-corrected chi connectivity index (χ2v) is 13.3. The summed E-state index contributed by atoms with van der Waals surface area (Å²) in [4.78, 5) is 19.3. The highest BCUT2D eigenvalue weighted by Gasteiger charge is 2.20. The summed E-state index contributed by atoms with van der Waals surface area (Å²) in [7, 11) is -1.21. The molecule has 0 aliphatic rings. The van der Waals surface area contributed by atoms with Gasteiger partial charge in [0.05, 0.1) is 16.8 Å². The maximum Gasteiger partial charge on any atom is 0.255 e. The fourth-order valence-corrected chi connectivity index (χ4v) is 7.10. The van der Waals surface area contributed by atoms with E-state index in [4.69, 9.17) is 0 Å². The molecule has 41 heavy (non-hydrogen) atoms. The molecule has 2 aromatic carbocycles. The molecule has 1 amide bonds. The van der Waals surface area contributed by atoms with Crippen molar-refractivity contribution in [2.24, 2.45) is 5.92 Å². The lowest BCUT2D eigenvalue weighted by atomic mass is 10.0. The summed E-state index contributed by atoms with van der Waals surface area (Å²) >= 11 is 0. The number of aromatic amines is 2. The van der Waals surface area contributed by atoms with Crippen LogP contribution in [0.1, 0.15) is 80.2 Å². The van der Waals surface area contributed by atoms with Crippen molar-refractivity contribution in [3.8, 4) is 0 Å². The number of fused-ring (bicyclic) bond motifs is 1. The molecule has 2 aromatic heterocycles.